The van der Waals surface area contributed by atoms with Crippen molar-refractivity contribution in [3.05, 3.63) is 36.2 Å². The van der Waals surface area contributed by atoms with Gasteiger partial charge in [-0.25, -0.2) is 0 Å². The molecule has 7 nitrogen and oxygen atoms in total. The summed E-state index contributed by atoms with van der Waals surface area (Å²) < 4.78 is 10.7. The SMILES string of the molecule is CCN(CC)C(C)OC(=O)CNC(=S)C(C)Cc1nc(-c2ccccc2)no1. The van der Waals surface area contributed by atoms with Gasteiger partial charge in [0.05, 0.1) is 4.99 Å². The third-order valence-electron chi connectivity index (χ3n) is 4.46. The summed E-state index contributed by atoms with van der Waals surface area (Å²) in [5.74, 6) is 0.675. The third-order valence-corrected chi connectivity index (χ3v) is 5.01. The summed E-state index contributed by atoms with van der Waals surface area (Å²) in [7, 11) is 0. The number of hydrogen-bond donors (Lipinski definition) is 1. The lowest BCUT2D eigenvalue weighted by Gasteiger charge is -2.26. The molecule has 152 valence electrons. The van der Waals surface area contributed by atoms with Crippen molar-refractivity contribution in [2.24, 2.45) is 5.92 Å². The number of esters is 1. The highest BCUT2D eigenvalue weighted by Crippen LogP contribution is 2.16. The number of ether oxygens (including phenoxy) is 1. The molecular weight excluding hydrogens is 376 g/mol. The second kappa shape index (κ2) is 10.9. The van der Waals surface area contributed by atoms with Crippen molar-refractivity contribution in [3.63, 3.8) is 0 Å². The van der Waals surface area contributed by atoms with Gasteiger partial charge in [-0.2, -0.15) is 4.98 Å². The highest BCUT2D eigenvalue weighted by atomic mass is 32.1. The number of nitrogens with one attached hydrogen (secondary N) is 1. The van der Waals surface area contributed by atoms with E-state index in [-0.39, 0.29) is 24.7 Å². The quantitative estimate of drug-likeness (QED) is 0.368. The molecule has 1 aromatic heterocycles. The minimum absolute atomic E-state index is 0.0356. The van der Waals surface area contributed by atoms with Gasteiger partial charge in [-0.1, -0.05) is 68.5 Å². The zero-order valence-corrected chi connectivity index (χ0v) is 17.7. The topological polar surface area (TPSA) is 80.5 Å². The van der Waals surface area contributed by atoms with Crippen LogP contribution in [0.25, 0.3) is 11.4 Å². The van der Waals surface area contributed by atoms with Crippen LogP contribution in [0.2, 0.25) is 0 Å². The van der Waals surface area contributed by atoms with Gasteiger partial charge < -0.3 is 14.6 Å². The summed E-state index contributed by atoms with van der Waals surface area (Å²) in [6, 6.07) is 9.63. The second-order valence-corrected chi connectivity index (χ2v) is 6.95. The summed E-state index contributed by atoms with van der Waals surface area (Å²) in [5.41, 5.74) is 0.899. The van der Waals surface area contributed by atoms with Crippen LogP contribution in [0, 0.1) is 5.92 Å². The zero-order chi connectivity index (χ0) is 20.5. The molecule has 28 heavy (non-hydrogen) atoms. The molecule has 0 spiro atoms. The summed E-state index contributed by atoms with van der Waals surface area (Å²) in [4.78, 5) is 19.1. The maximum atomic E-state index is 12.0. The van der Waals surface area contributed by atoms with E-state index in [9.17, 15) is 4.79 Å². The molecule has 2 aromatic rings. The maximum Gasteiger partial charge on any atom is 0.326 e. The van der Waals surface area contributed by atoms with Gasteiger partial charge in [0.1, 0.15) is 6.54 Å². The molecule has 1 heterocycles. The van der Waals surface area contributed by atoms with Crippen LogP contribution < -0.4 is 5.32 Å². The molecule has 0 bridgehead atoms. The maximum absolute atomic E-state index is 12.0. The Morgan fingerprint density at radius 2 is 1.93 bits per heavy atom. The average molecular weight is 405 g/mol. The molecule has 1 aromatic carbocycles. The molecule has 8 heteroatoms. The van der Waals surface area contributed by atoms with Crippen LogP contribution in [0.4, 0.5) is 0 Å². The van der Waals surface area contributed by atoms with E-state index >= 15 is 0 Å². The Morgan fingerprint density at radius 3 is 2.57 bits per heavy atom. The van der Waals surface area contributed by atoms with Gasteiger partial charge in [0.25, 0.3) is 0 Å². The Hall–Kier alpha value is -2.32. The largest absolute Gasteiger partial charge is 0.445 e. The molecular formula is C20H28N4O3S. The molecule has 0 radical (unpaired) electrons. The highest BCUT2D eigenvalue weighted by molar-refractivity contribution is 7.80. The first-order valence-electron chi connectivity index (χ1n) is 9.53. The Bertz CT molecular complexity index is 762. The van der Waals surface area contributed by atoms with Crippen molar-refractivity contribution in [1.82, 2.24) is 20.4 Å². The summed E-state index contributed by atoms with van der Waals surface area (Å²) in [6.45, 7) is 9.56. The summed E-state index contributed by atoms with van der Waals surface area (Å²) >= 11 is 5.39. The van der Waals surface area contributed by atoms with Crippen molar-refractivity contribution in [2.75, 3.05) is 19.6 Å². The Labute approximate surface area is 171 Å². The first kappa shape index (κ1) is 22.0. The van der Waals surface area contributed by atoms with Crippen LogP contribution in [0.3, 0.4) is 0 Å². The molecule has 0 saturated carbocycles. The Kier molecular flexibility index (Phi) is 8.53. The first-order valence-corrected chi connectivity index (χ1v) is 9.94. The lowest BCUT2D eigenvalue weighted by atomic mass is 10.1. The van der Waals surface area contributed by atoms with Crippen LogP contribution in [0.15, 0.2) is 34.9 Å². The molecule has 1 N–H and O–H groups in total. The summed E-state index contributed by atoms with van der Waals surface area (Å²) in [6.07, 6.45) is 0.237. The van der Waals surface area contributed by atoms with E-state index in [4.69, 9.17) is 21.5 Å². The van der Waals surface area contributed by atoms with E-state index in [1.807, 2.05) is 58.0 Å². The molecule has 0 amide bonds. The number of carbonyl (C=O) groups is 1. The minimum Gasteiger partial charge on any atom is -0.445 e. The molecule has 2 atom stereocenters. The Morgan fingerprint density at radius 1 is 1.25 bits per heavy atom. The van der Waals surface area contributed by atoms with Gasteiger partial charge in [-0.05, 0) is 20.0 Å². The fraction of sp³-hybridized carbons (Fsp3) is 0.500. The van der Waals surface area contributed by atoms with Gasteiger partial charge in [-0.3, -0.25) is 9.69 Å². The van der Waals surface area contributed by atoms with E-state index in [1.54, 1.807) is 0 Å². The smallest absolute Gasteiger partial charge is 0.326 e. The van der Waals surface area contributed by atoms with Crippen molar-refractivity contribution < 1.29 is 14.1 Å². The average Bonchev–Trinajstić information content (AvgIpc) is 3.16. The van der Waals surface area contributed by atoms with Crippen LogP contribution in [0.5, 0.6) is 0 Å². The lowest BCUT2D eigenvalue weighted by Crippen LogP contribution is -2.40. The van der Waals surface area contributed by atoms with Gasteiger partial charge in [-0.15, -0.1) is 0 Å². The fourth-order valence-electron chi connectivity index (χ4n) is 2.77. The number of benzene rings is 1. The van der Waals surface area contributed by atoms with E-state index in [0.717, 1.165) is 18.7 Å². The minimum atomic E-state index is -0.335. The van der Waals surface area contributed by atoms with Crippen LogP contribution >= 0.6 is 12.2 Å². The van der Waals surface area contributed by atoms with Crippen LogP contribution in [-0.4, -0.2) is 51.9 Å². The zero-order valence-electron chi connectivity index (χ0n) is 16.8. The summed E-state index contributed by atoms with van der Waals surface area (Å²) in [5, 5.41) is 6.98. The van der Waals surface area contributed by atoms with Crippen molar-refractivity contribution in [2.45, 2.75) is 40.3 Å². The van der Waals surface area contributed by atoms with Crippen LogP contribution in [-0.2, 0) is 16.0 Å². The monoisotopic (exact) mass is 404 g/mol. The second-order valence-electron chi connectivity index (χ2n) is 6.51. The molecule has 0 fully saturated rings. The predicted octanol–water partition coefficient (Wildman–Crippen LogP) is 3.06. The van der Waals surface area contributed by atoms with E-state index < -0.39 is 0 Å². The molecule has 2 unspecified atom stereocenters. The van der Waals surface area contributed by atoms with Crippen LogP contribution in [0.1, 0.15) is 33.6 Å². The van der Waals surface area contributed by atoms with Gasteiger partial charge in [0.2, 0.25) is 11.7 Å². The van der Waals surface area contributed by atoms with Crippen molar-refractivity contribution in [3.8, 4) is 11.4 Å². The number of aromatic nitrogens is 2. The van der Waals surface area contributed by atoms with Crippen molar-refractivity contribution in [1.29, 1.82) is 0 Å². The van der Waals surface area contributed by atoms with Gasteiger partial charge in [0, 0.05) is 17.9 Å². The van der Waals surface area contributed by atoms with E-state index in [0.29, 0.717) is 23.1 Å². The van der Waals surface area contributed by atoms with Crippen molar-refractivity contribution >= 4 is 23.2 Å². The predicted molar refractivity (Wildman–Crippen MR) is 112 cm³/mol. The fourth-order valence-corrected chi connectivity index (χ4v) is 2.93. The number of rotatable bonds is 10. The third kappa shape index (κ3) is 6.38. The first-order chi connectivity index (χ1) is 13.4. The molecule has 0 aliphatic rings. The van der Waals surface area contributed by atoms with E-state index in [1.165, 1.54) is 0 Å². The molecule has 0 aliphatic heterocycles. The Balaban J connectivity index is 1.80. The molecule has 0 aliphatic carbocycles. The van der Waals surface area contributed by atoms with Gasteiger partial charge >= 0.3 is 5.97 Å². The number of nitrogens with zero attached hydrogens (tertiary/aromatic N) is 3. The highest BCUT2D eigenvalue weighted by Gasteiger charge is 2.18. The lowest BCUT2D eigenvalue weighted by molar-refractivity contribution is -0.155. The van der Waals surface area contributed by atoms with Gasteiger partial charge in [0.15, 0.2) is 6.23 Å². The number of carbonyl (C=O) groups excluding carboxylic acids is 1. The van der Waals surface area contributed by atoms with E-state index in [2.05, 4.69) is 20.4 Å². The molecule has 0 saturated heterocycles. The normalized spacial score (nSPS) is 13.2. The number of thiocarbonyl (C=S) groups is 1. The standard InChI is InChI=1S/C20H28N4O3S/c1-5-24(6-2)15(4)26-18(25)13-21-20(28)14(3)12-17-22-19(23-27-17)16-10-8-7-9-11-16/h7-11,14-15H,5-6,12-13H2,1-4H3,(H,21,28). The molecule has 2 rings (SSSR count). The number of hydrogen-bond acceptors (Lipinski definition) is 7.